The van der Waals surface area contributed by atoms with Crippen LogP contribution in [-0.2, 0) is 6.42 Å². The molecule has 1 saturated heterocycles. The van der Waals surface area contributed by atoms with E-state index in [0.717, 1.165) is 25.8 Å². The zero-order chi connectivity index (χ0) is 17.8. The van der Waals surface area contributed by atoms with Gasteiger partial charge in [-0.15, -0.1) is 0 Å². The molecule has 1 amide bonds. The van der Waals surface area contributed by atoms with Crippen LogP contribution in [0.25, 0.3) is 0 Å². The van der Waals surface area contributed by atoms with E-state index < -0.39 is 0 Å². The molecule has 7 nitrogen and oxygen atoms in total. The predicted octanol–water partition coefficient (Wildman–Crippen LogP) is 2.66. The van der Waals surface area contributed by atoms with Gasteiger partial charge < -0.3 is 14.2 Å². The minimum Gasteiger partial charge on any atom is -0.475 e. The van der Waals surface area contributed by atoms with Crippen molar-refractivity contribution < 1.29 is 14.1 Å². The zero-order valence-electron chi connectivity index (χ0n) is 14.9. The molecule has 2 aromatic heterocycles. The number of nitrogens with zero attached hydrogens (tertiary/aromatic N) is 4. The van der Waals surface area contributed by atoms with Crippen molar-refractivity contribution in [2.45, 2.75) is 46.1 Å². The van der Waals surface area contributed by atoms with E-state index in [4.69, 9.17) is 9.26 Å². The van der Waals surface area contributed by atoms with Crippen molar-refractivity contribution in [3.8, 4) is 5.88 Å². The summed E-state index contributed by atoms with van der Waals surface area (Å²) < 4.78 is 10.6. The maximum Gasteiger partial charge on any atom is 0.272 e. The lowest BCUT2D eigenvalue weighted by Gasteiger charge is -2.32. The van der Waals surface area contributed by atoms with Gasteiger partial charge in [0.25, 0.3) is 5.91 Å². The highest BCUT2D eigenvalue weighted by atomic mass is 16.5. The van der Waals surface area contributed by atoms with Gasteiger partial charge >= 0.3 is 0 Å². The topological polar surface area (TPSA) is 81.4 Å². The van der Waals surface area contributed by atoms with Gasteiger partial charge in [0.1, 0.15) is 5.69 Å². The second-order valence-electron chi connectivity index (χ2n) is 6.72. The lowest BCUT2D eigenvalue weighted by Crippen LogP contribution is -2.41. The Balaban J connectivity index is 1.65. The molecule has 1 atom stereocenters. The van der Waals surface area contributed by atoms with Gasteiger partial charge in [0.05, 0.1) is 6.10 Å². The van der Waals surface area contributed by atoms with Crippen LogP contribution in [0.15, 0.2) is 22.7 Å². The molecule has 0 bridgehead atoms. The van der Waals surface area contributed by atoms with Crippen LogP contribution in [0.1, 0.15) is 48.9 Å². The largest absolute Gasteiger partial charge is 0.475 e. The number of pyridine rings is 1. The van der Waals surface area contributed by atoms with E-state index in [9.17, 15) is 4.79 Å². The first kappa shape index (κ1) is 17.4. The van der Waals surface area contributed by atoms with Gasteiger partial charge in [-0.2, -0.15) is 4.98 Å². The van der Waals surface area contributed by atoms with Crippen LogP contribution in [0.2, 0.25) is 0 Å². The molecule has 1 aliphatic heterocycles. The third-order valence-electron chi connectivity index (χ3n) is 4.15. The van der Waals surface area contributed by atoms with Gasteiger partial charge in [-0.25, -0.2) is 4.98 Å². The summed E-state index contributed by atoms with van der Waals surface area (Å²) in [6.07, 6.45) is 2.78. The van der Waals surface area contributed by atoms with Gasteiger partial charge in [0, 0.05) is 32.5 Å². The number of piperidine rings is 1. The highest BCUT2D eigenvalue weighted by Crippen LogP contribution is 2.22. The van der Waals surface area contributed by atoms with Gasteiger partial charge in [0.15, 0.2) is 5.82 Å². The molecule has 0 aromatic carbocycles. The van der Waals surface area contributed by atoms with E-state index in [1.165, 1.54) is 0 Å². The number of hydrogen-bond donors (Lipinski definition) is 0. The van der Waals surface area contributed by atoms with E-state index >= 15 is 0 Å². The van der Waals surface area contributed by atoms with Crippen molar-refractivity contribution in [2.75, 3.05) is 13.1 Å². The number of carbonyl (C=O) groups is 1. The Morgan fingerprint density at radius 2 is 2.24 bits per heavy atom. The Labute approximate surface area is 147 Å². The summed E-state index contributed by atoms with van der Waals surface area (Å²) in [6, 6.07) is 5.32. The minimum atomic E-state index is -0.0526. The quantitative estimate of drug-likeness (QED) is 0.829. The smallest absolute Gasteiger partial charge is 0.272 e. The number of carbonyl (C=O) groups excluding carboxylic acids is 1. The highest BCUT2D eigenvalue weighted by Gasteiger charge is 2.26. The molecule has 25 heavy (non-hydrogen) atoms. The predicted molar refractivity (Wildman–Crippen MR) is 91.4 cm³/mol. The molecule has 0 N–H and O–H groups in total. The van der Waals surface area contributed by atoms with E-state index in [-0.39, 0.29) is 12.0 Å². The van der Waals surface area contributed by atoms with E-state index in [1.54, 1.807) is 19.1 Å². The third-order valence-corrected chi connectivity index (χ3v) is 4.15. The van der Waals surface area contributed by atoms with Crippen molar-refractivity contribution in [3.05, 3.63) is 35.6 Å². The molecular weight excluding hydrogens is 320 g/mol. The molecule has 0 unspecified atom stereocenters. The van der Waals surface area contributed by atoms with Gasteiger partial charge in [-0.05, 0) is 38.7 Å². The maximum absolute atomic E-state index is 12.8. The fraction of sp³-hybridized carbons (Fsp3) is 0.556. The van der Waals surface area contributed by atoms with Crippen LogP contribution in [0.3, 0.4) is 0 Å². The van der Waals surface area contributed by atoms with E-state index in [2.05, 4.69) is 15.1 Å². The van der Waals surface area contributed by atoms with Crippen LogP contribution in [0.5, 0.6) is 5.88 Å². The fourth-order valence-electron chi connectivity index (χ4n) is 3.10. The third kappa shape index (κ3) is 4.55. The lowest BCUT2D eigenvalue weighted by molar-refractivity contribution is 0.0664. The summed E-state index contributed by atoms with van der Waals surface area (Å²) in [4.78, 5) is 23.3. The number of ether oxygens (including phenoxy) is 1. The van der Waals surface area contributed by atoms with Crippen molar-refractivity contribution in [1.82, 2.24) is 20.0 Å². The van der Waals surface area contributed by atoms with Crippen LogP contribution < -0.4 is 4.74 Å². The first-order valence-electron chi connectivity index (χ1n) is 8.73. The molecule has 0 saturated carbocycles. The summed E-state index contributed by atoms with van der Waals surface area (Å²) in [6.45, 7) is 7.09. The average molecular weight is 344 g/mol. The average Bonchev–Trinajstić information content (AvgIpc) is 2.99. The minimum absolute atomic E-state index is 0.0237. The van der Waals surface area contributed by atoms with Crippen LogP contribution in [0, 0.1) is 12.8 Å². The molecule has 7 heteroatoms. The number of rotatable bonds is 5. The molecule has 0 radical (unpaired) electrons. The Hall–Kier alpha value is -2.44. The van der Waals surface area contributed by atoms with E-state index in [0.29, 0.717) is 35.8 Å². The molecule has 0 spiro atoms. The molecule has 1 fully saturated rings. The van der Waals surface area contributed by atoms with Crippen molar-refractivity contribution in [2.24, 2.45) is 5.92 Å². The van der Waals surface area contributed by atoms with Crippen LogP contribution >= 0.6 is 0 Å². The number of aryl methyl sites for hydroxylation is 1. The second kappa shape index (κ2) is 7.63. The number of hydrogen-bond acceptors (Lipinski definition) is 6. The van der Waals surface area contributed by atoms with Crippen molar-refractivity contribution in [1.29, 1.82) is 0 Å². The second-order valence-corrected chi connectivity index (χ2v) is 6.72. The van der Waals surface area contributed by atoms with Gasteiger partial charge in [-0.3, -0.25) is 4.79 Å². The lowest BCUT2D eigenvalue weighted by atomic mass is 9.94. The number of aromatic nitrogens is 3. The zero-order valence-corrected chi connectivity index (χ0v) is 14.9. The van der Waals surface area contributed by atoms with Gasteiger partial charge in [-0.1, -0.05) is 11.2 Å². The first-order chi connectivity index (χ1) is 12.0. The highest BCUT2D eigenvalue weighted by molar-refractivity contribution is 5.92. The van der Waals surface area contributed by atoms with Crippen molar-refractivity contribution in [3.63, 3.8) is 0 Å². The number of amides is 1. The normalized spacial score (nSPS) is 17.8. The molecule has 3 heterocycles. The van der Waals surface area contributed by atoms with Crippen LogP contribution in [0.4, 0.5) is 0 Å². The maximum atomic E-state index is 12.8. The molecular formula is C18H24N4O3. The van der Waals surface area contributed by atoms with Gasteiger partial charge in [0.2, 0.25) is 11.8 Å². The van der Waals surface area contributed by atoms with Crippen molar-refractivity contribution >= 4 is 5.91 Å². The first-order valence-corrected chi connectivity index (χ1v) is 8.73. The summed E-state index contributed by atoms with van der Waals surface area (Å²) in [5.74, 6) is 2.05. The Morgan fingerprint density at radius 3 is 2.96 bits per heavy atom. The summed E-state index contributed by atoms with van der Waals surface area (Å²) in [5, 5.41) is 3.96. The molecule has 0 aliphatic carbocycles. The summed E-state index contributed by atoms with van der Waals surface area (Å²) >= 11 is 0. The summed E-state index contributed by atoms with van der Waals surface area (Å²) in [7, 11) is 0. The Kier molecular flexibility index (Phi) is 5.31. The summed E-state index contributed by atoms with van der Waals surface area (Å²) in [5.41, 5.74) is 0.425. The Bertz CT molecular complexity index is 729. The molecule has 2 aromatic rings. The molecule has 1 aliphatic rings. The standard InChI is InChI=1S/C18H24N4O3/c1-12(2)24-17-8-4-7-15(20-17)18(23)22-9-5-6-14(11-22)10-16-19-13(3)25-21-16/h4,7-8,12,14H,5-6,9-11H2,1-3H3/t14-/m1/s1. The molecule has 3 rings (SSSR count). The molecule has 134 valence electrons. The monoisotopic (exact) mass is 344 g/mol. The SMILES string of the molecule is Cc1nc(C[C@H]2CCCN(C(=O)c3cccc(OC(C)C)n3)C2)no1. The number of likely N-dealkylation sites (tertiary alicyclic amines) is 1. The fourth-order valence-corrected chi connectivity index (χ4v) is 3.10. The van der Waals surface area contributed by atoms with E-state index in [1.807, 2.05) is 24.8 Å². The Morgan fingerprint density at radius 1 is 1.40 bits per heavy atom. The van der Waals surface area contributed by atoms with Crippen LogP contribution in [-0.4, -0.2) is 45.1 Å².